The molecule has 0 spiro atoms. The summed E-state index contributed by atoms with van der Waals surface area (Å²) in [6, 6.07) is 14.7. The van der Waals surface area contributed by atoms with Crippen molar-refractivity contribution < 1.29 is 14.3 Å². The highest BCUT2D eigenvalue weighted by Gasteiger charge is 2.09. The normalized spacial score (nSPS) is 10.6. The zero-order chi connectivity index (χ0) is 20.4. The van der Waals surface area contributed by atoms with Crippen molar-refractivity contribution in [3.63, 3.8) is 0 Å². The van der Waals surface area contributed by atoms with Crippen LogP contribution in [0.15, 0.2) is 48.5 Å². The van der Waals surface area contributed by atoms with Gasteiger partial charge >= 0.3 is 0 Å². The Balaban J connectivity index is 1.92. The maximum absolute atomic E-state index is 12.4. The lowest BCUT2D eigenvalue weighted by Crippen LogP contribution is -2.28. The smallest absolute Gasteiger partial charge is 0.228 e. The van der Waals surface area contributed by atoms with Crippen LogP contribution in [0.4, 0.5) is 11.4 Å². The molecule has 2 N–H and O–H groups in total. The highest BCUT2D eigenvalue weighted by Crippen LogP contribution is 2.24. The van der Waals surface area contributed by atoms with Gasteiger partial charge in [0.25, 0.3) is 0 Å². The predicted molar refractivity (Wildman–Crippen MR) is 113 cm³/mol. The average molecular weight is 383 g/mol. The number of nitrogens with zero attached hydrogens (tertiary/aromatic N) is 1. The fraction of sp³-hybridized carbons (Fsp3) is 0.364. The molecule has 2 aromatic carbocycles. The Hall–Kier alpha value is -2.86. The topological polar surface area (TPSA) is 70.7 Å². The number of likely N-dealkylation sites (N-methyl/N-ethyl adjacent to an activating group) is 1. The van der Waals surface area contributed by atoms with Crippen molar-refractivity contribution in [2.45, 2.75) is 27.2 Å². The minimum Gasteiger partial charge on any atom is -0.490 e. The van der Waals surface area contributed by atoms with Crippen LogP contribution in [0.3, 0.4) is 0 Å². The molecule has 2 amide bonds. The molecule has 28 heavy (non-hydrogen) atoms. The lowest BCUT2D eigenvalue weighted by Gasteiger charge is -2.19. The van der Waals surface area contributed by atoms with Crippen LogP contribution in [-0.4, -0.2) is 43.0 Å². The van der Waals surface area contributed by atoms with E-state index in [1.807, 2.05) is 36.4 Å². The number of para-hydroxylation sites is 2. The number of ether oxygens (including phenoxy) is 1. The van der Waals surface area contributed by atoms with Gasteiger partial charge in [-0.1, -0.05) is 38.1 Å². The number of rotatable bonds is 10. The van der Waals surface area contributed by atoms with Crippen molar-refractivity contribution >= 4 is 23.2 Å². The van der Waals surface area contributed by atoms with Crippen LogP contribution in [0.2, 0.25) is 0 Å². The van der Waals surface area contributed by atoms with Gasteiger partial charge in [0.1, 0.15) is 12.4 Å². The summed E-state index contributed by atoms with van der Waals surface area (Å²) in [5.74, 6) is 0.430. The van der Waals surface area contributed by atoms with Crippen molar-refractivity contribution in [3.8, 4) is 5.75 Å². The number of benzene rings is 2. The second-order valence-corrected chi connectivity index (χ2v) is 6.47. The zero-order valence-corrected chi connectivity index (χ0v) is 16.8. The monoisotopic (exact) mass is 383 g/mol. The first-order chi connectivity index (χ1) is 13.5. The summed E-state index contributed by atoms with van der Waals surface area (Å²) >= 11 is 0. The molecule has 0 aromatic heterocycles. The molecule has 150 valence electrons. The van der Waals surface area contributed by atoms with Crippen LogP contribution in [0.25, 0.3) is 0 Å². The molecule has 0 saturated carbocycles. The van der Waals surface area contributed by atoms with E-state index in [1.165, 1.54) is 6.92 Å². The van der Waals surface area contributed by atoms with Crippen LogP contribution in [-0.2, 0) is 16.0 Å². The van der Waals surface area contributed by atoms with Gasteiger partial charge in [-0.05, 0) is 42.9 Å². The molecule has 0 heterocycles. The molecule has 2 aromatic rings. The molecule has 0 radical (unpaired) electrons. The SMILES string of the molecule is CCN(CC)CCOc1ccccc1NC(=O)Cc1ccc(NC(C)=O)cc1. The van der Waals surface area contributed by atoms with Crippen molar-refractivity contribution in [1.82, 2.24) is 4.90 Å². The van der Waals surface area contributed by atoms with Crippen molar-refractivity contribution in [3.05, 3.63) is 54.1 Å². The Morgan fingerprint density at radius 2 is 1.64 bits per heavy atom. The number of carbonyl (C=O) groups is 2. The standard InChI is InChI=1S/C22H29N3O3/c1-4-25(5-2)14-15-28-21-9-7-6-8-20(21)24-22(27)16-18-10-12-19(13-11-18)23-17(3)26/h6-13H,4-5,14-16H2,1-3H3,(H,23,26)(H,24,27). The summed E-state index contributed by atoms with van der Waals surface area (Å²) in [4.78, 5) is 25.8. The molecule has 0 unspecified atom stereocenters. The summed E-state index contributed by atoms with van der Waals surface area (Å²) in [6.07, 6.45) is 0.244. The summed E-state index contributed by atoms with van der Waals surface area (Å²) in [6.45, 7) is 9.09. The fourth-order valence-corrected chi connectivity index (χ4v) is 2.81. The quantitative estimate of drug-likeness (QED) is 0.658. The van der Waals surface area contributed by atoms with Crippen molar-refractivity contribution in [2.24, 2.45) is 0 Å². The maximum Gasteiger partial charge on any atom is 0.228 e. The van der Waals surface area contributed by atoms with Gasteiger partial charge in [0, 0.05) is 19.2 Å². The van der Waals surface area contributed by atoms with Gasteiger partial charge < -0.3 is 20.3 Å². The maximum atomic E-state index is 12.4. The molecule has 0 fully saturated rings. The molecule has 0 atom stereocenters. The van der Waals surface area contributed by atoms with Crippen LogP contribution < -0.4 is 15.4 Å². The molecule has 0 aliphatic rings. The number of nitrogens with one attached hydrogen (secondary N) is 2. The van der Waals surface area contributed by atoms with Gasteiger partial charge in [-0.3, -0.25) is 9.59 Å². The Morgan fingerprint density at radius 1 is 0.964 bits per heavy atom. The summed E-state index contributed by atoms with van der Waals surface area (Å²) in [5.41, 5.74) is 2.25. The van der Waals surface area contributed by atoms with E-state index < -0.39 is 0 Å². The predicted octanol–water partition coefficient (Wildman–Crippen LogP) is 3.55. The van der Waals surface area contributed by atoms with Gasteiger partial charge in [0.15, 0.2) is 0 Å². The van der Waals surface area contributed by atoms with E-state index in [-0.39, 0.29) is 18.2 Å². The van der Waals surface area contributed by atoms with E-state index in [0.29, 0.717) is 23.7 Å². The number of carbonyl (C=O) groups excluding carboxylic acids is 2. The Labute approximate surface area is 166 Å². The number of amides is 2. The van der Waals surface area contributed by atoms with Gasteiger partial charge in [0.2, 0.25) is 11.8 Å². The third kappa shape index (κ3) is 7.04. The van der Waals surface area contributed by atoms with Gasteiger partial charge in [-0.15, -0.1) is 0 Å². The van der Waals surface area contributed by atoms with Crippen LogP contribution in [0.1, 0.15) is 26.3 Å². The third-order valence-electron chi connectivity index (χ3n) is 4.36. The minimum atomic E-state index is -0.122. The van der Waals surface area contributed by atoms with Crippen molar-refractivity contribution in [2.75, 3.05) is 36.9 Å². The van der Waals surface area contributed by atoms with E-state index in [1.54, 1.807) is 12.1 Å². The molecule has 6 nitrogen and oxygen atoms in total. The van der Waals surface area contributed by atoms with Gasteiger partial charge in [-0.25, -0.2) is 0 Å². The molecule has 0 saturated heterocycles. The lowest BCUT2D eigenvalue weighted by atomic mass is 10.1. The summed E-state index contributed by atoms with van der Waals surface area (Å²) in [7, 11) is 0. The first-order valence-corrected chi connectivity index (χ1v) is 9.62. The van der Waals surface area contributed by atoms with Crippen LogP contribution in [0, 0.1) is 0 Å². The lowest BCUT2D eigenvalue weighted by molar-refractivity contribution is -0.116. The highest BCUT2D eigenvalue weighted by molar-refractivity contribution is 5.94. The highest BCUT2D eigenvalue weighted by atomic mass is 16.5. The first-order valence-electron chi connectivity index (χ1n) is 9.62. The van der Waals surface area contributed by atoms with E-state index in [4.69, 9.17) is 4.74 Å². The van der Waals surface area contributed by atoms with E-state index >= 15 is 0 Å². The third-order valence-corrected chi connectivity index (χ3v) is 4.36. The van der Waals surface area contributed by atoms with Crippen molar-refractivity contribution in [1.29, 1.82) is 0 Å². The summed E-state index contributed by atoms with van der Waals surface area (Å²) < 4.78 is 5.88. The van der Waals surface area contributed by atoms with Gasteiger partial charge in [0.05, 0.1) is 12.1 Å². The number of anilines is 2. The Bertz CT molecular complexity index is 771. The Kier molecular flexibility index (Phi) is 8.49. The molecule has 0 aliphatic carbocycles. The number of hydrogen-bond donors (Lipinski definition) is 2. The minimum absolute atomic E-state index is 0.118. The molecule has 6 heteroatoms. The largest absolute Gasteiger partial charge is 0.490 e. The second kappa shape index (κ2) is 11.1. The second-order valence-electron chi connectivity index (χ2n) is 6.47. The number of hydrogen-bond acceptors (Lipinski definition) is 4. The molecular formula is C22H29N3O3. The van der Waals surface area contributed by atoms with Gasteiger partial charge in [-0.2, -0.15) is 0 Å². The molecule has 2 rings (SSSR count). The Morgan fingerprint density at radius 3 is 2.29 bits per heavy atom. The first kappa shape index (κ1) is 21.4. The molecular weight excluding hydrogens is 354 g/mol. The van der Waals surface area contributed by atoms with Crippen LogP contribution >= 0.6 is 0 Å². The molecule has 0 bridgehead atoms. The zero-order valence-electron chi connectivity index (χ0n) is 16.8. The summed E-state index contributed by atoms with van der Waals surface area (Å²) in [5, 5.41) is 5.63. The molecule has 0 aliphatic heterocycles. The van der Waals surface area contributed by atoms with E-state index in [2.05, 4.69) is 29.4 Å². The van der Waals surface area contributed by atoms with E-state index in [9.17, 15) is 9.59 Å². The van der Waals surface area contributed by atoms with E-state index in [0.717, 1.165) is 25.2 Å². The van der Waals surface area contributed by atoms with Crippen LogP contribution in [0.5, 0.6) is 5.75 Å². The fourth-order valence-electron chi connectivity index (χ4n) is 2.81. The average Bonchev–Trinajstić information content (AvgIpc) is 2.67.